The van der Waals surface area contributed by atoms with Crippen LogP contribution in [0.4, 0.5) is 0 Å². The molecule has 0 saturated heterocycles. The summed E-state index contributed by atoms with van der Waals surface area (Å²) in [5.74, 6) is -1.24. The van der Waals surface area contributed by atoms with Crippen LogP contribution in [-0.2, 0) is 7.05 Å². The fraction of sp³-hybridized carbons (Fsp3) is 0.467. The number of hydrogen-bond acceptors (Lipinski definition) is 6. The van der Waals surface area contributed by atoms with Crippen LogP contribution in [0.2, 0.25) is 0 Å². The second-order valence-electron chi connectivity index (χ2n) is 5.56. The maximum atomic E-state index is 9.97. The molecule has 6 nitrogen and oxygen atoms in total. The van der Waals surface area contributed by atoms with Crippen molar-refractivity contribution in [3.63, 3.8) is 0 Å². The summed E-state index contributed by atoms with van der Waals surface area (Å²) >= 11 is 1.37. The van der Waals surface area contributed by atoms with Crippen molar-refractivity contribution in [2.45, 2.75) is 38.1 Å². The van der Waals surface area contributed by atoms with E-state index in [1.54, 1.807) is 4.68 Å². The molecule has 1 heterocycles. The molecule has 0 spiro atoms. The van der Waals surface area contributed by atoms with Gasteiger partial charge in [-0.1, -0.05) is 30.6 Å². The molecule has 1 aromatic heterocycles. The predicted octanol–water partition coefficient (Wildman–Crippen LogP) is 2.50. The summed E-state index contributed by atoms with van der Waals surface area (Å²) in [4.78, 5) is 5.56. The summed E-state index contributed by atoms with van der Waals surface area (Å²) in [6, 6.07) is 3.22. The summed E-state index contributed by atoms with van der Waals surface area (Å²) in [5, 5.41) is 33.9. The molecule has 1 fully saturated rings. The average Bonchev–Trinajstić information content (AvgIpc) is 2.87. The molecular formula is C15H19N3O3S. The van der Waals surface area contributed by atoms with Crippen LogP contribution < -0.4 is 4.80 Å². The van der Waals surface area contributed by atoms with E-state index in [4.69, 9.17) is 4.99 Å². The van der Waals surface area contributed by atoms with E-state index in [1.807, 2.05) is 7.05 Å². The number of aromatic hydroxyl groups is 3. The molecule has 0 atom stereocenters. The van der Waals surface area contributed by atoms with Crippen molar-refractivity contribution in [1.82, 2.24) is 9.78 Å². The Balaban J connectivity index is 1.99. The Morgan fingerprint density at radius 3 is 2.59 bits per heavy atom. The largest absolute Gasteiger partial charge is 0.504 e. The fourth-order valence-electron chi connectivity index (χ4n) is 2.68. The molecule has 118 valence electrons. The lowest BCUT2D eigenvalue weighted by Gasteiger charge is -2.16. The van der Waals surface area contributed by atoms with Gasteiger partial charge in [0.15, 0.2) is 16.5 Å². The minimum absolute atomic E-state index is 0.343. The van der Waals surface area contributed by atoms with Crippen molar-refractivity contribution in [3.8, 4) is 27.8 Å². The van der Waals surface area contributed by atoms with E-state index >= 15 is 0 Å². The van der Waals surface area contributed by atoms with Gasteiger partial charge in [-0.15, -0.1) is 0 Å². The van der Waals surface area contributed by atoms with E-state index in [9.17, 15) is 15.3 Å². The Kier molecular flexibility index (Phi) is 4.06. The standard InChI is InChI=1S/C15H19N3O3S/c1-18-15(16-9-5-3-2-4-6-9)22-14(17-18)10-7-8-11(19)13(21)12(10)20/h7-9,19-21H,2-6H2,1H3. The molecule has 22 heavy (non-hydrogen) atoms. The summed E-state index contributed by atoms with van der Waals surface area (Å²) < 4.78 is 1.69. The molecule has 1 saturated carbocycles. The van der Waals surface area contributed by atoms with E-state index in [1.165, 1.54) is 42.7 Å². The minimum Gasteiger partial charge on any atom is -0.504 e. The van der Waals surface area contributed by atoms with Crippen LogP contribution in [0.25, 0.3) is 10.6 Å². The van der Waals surface area contributed by atoms with Crippen LogP contribution in [0, 0.1) is 0 Å². The van der Waals surface area contributed by atoms with Crippen molar-refractivity contribution in [2.24, 2.45) is 12.0 Å². The number of rotatable bonds is 2. The van der Waals surface area contributed by atoms with E-state index in [0.29, 0.717) is 16.6 Å². The maximum absolute atomic E-state index is 9.97. The average molecular weight is 321 g/mol. The van der Waals surface area contributed by atoms with Gasteiger partial charge in [0.1, 0.15) is 0 Å². The van der Waals surface area contributed by atoms with Crippen LogP contribution in [-0.4, -0.2) is 31.1 Å². The Morgan fingerprint density at radius 2 is 1.86 bits per heavy atom. The number of aromatic nitrogens is 2. The monoisotopic (exact) mass is 321 g/mol. The third-order valence-corrected chi connectivity index (χ3v) is 4.98. The highest BCUT2D eigenvalue weighted by atomic mass is 32.1. The quantitative estimate of drug-likeness (QED) is 0.741. The van der Waals surface area contributed by atoms with Crippen LogP contribution in [0.1, 0.15) is 32.1 Å². The normalized spacial score (nSPS) is 17.0. The predicted molar refractivity (Wildman–Crippen MR) is 84.0 cm³/mol. The van der Waals surface area contributed by atoms with Gasteiger partial charge in [0.2, 0.25) is 10.6 Å². The number of benzene rings is 1. The number of phenols is 3. The van der Waals surface area contributed by atoms with Gasteiger partial charge in [-0.25, -0.2) is 4.68 Å². The van der Waals surface area contributed by atoms with E-state index in [-0.39, 0.29) is 11.5 Å². The van der Waals surface area contributed by atoms with Gasteiger partial charge in [-0.2, -0.15) is 5.10 Å². The van der Waals surface area contributed by atoms with Crippen molar-refractivity contribution in [3.05, 3.63) is 16.9 Å². The Morgan fingerprint density at radius 1 is 1.14 bits per heavy atom. The molecule has 0 amide bonds. The first-order valence-corrected chi connectivity index (χ1v) is 8.20. The zero-order valence-corrected chi connectivity index (χ0v) is 13.2. The van der Waals surface area contributed by atoms with Gasteiger partial charge < -0.3 is 15.3 Å². The van der Waals surface area contributed by atoms with Gasteiger partial charge >= 0.3 is 0 Å². The molecule has 3 N–H and O–H groups in total. The molecule has 1 aliphatic rings. The van der Waals surface area contributed by atoms with E-state index in [0.717, 1.165) is 17.6 Å². The van der Waals surface area contributed by atoms with Crippen LogP contribution >= 0.6 is 11.3 Å². The van der Waals surface area contributed by atoms with Gasteiger partial charge in [-0.05, 0) is 25.0 Å². The third kappa shape index (κ3) is 2.81. The molecule has 2 aromatic rings. The lowest BCUT2D eigenvalue weighted by molar-refractivity contribution is 0.369. The Bertz CT molecular complexity index is 745. The SMILES string of the molecule is Cn1nc(-c2ccc(O)c(O)c2O)sc1=NC1CCCCC1. The summed E-state index contributed by atoms with van der Waals surface area (Å²) in [6.45, 7) is 0. The van der Waals surface area contributed by atoms with E-state index < -0.39 is 5.75 Å². The molecule has 1 aliphatic carbocycles. The fourth-order valence-corrected chi connectivity index (χ4v) is 3.66. The summed E-state index contributed by atoms with van der Waals surface area (Å²) in [5.41, 5.74) is 0.390. The van der Waals surface area contributed by atoms with Crippen molar-refractivity contribution < 1.29 is 15.3 Å². The highest BCUT2D eigenvalue weighted by Gasteiger charge is 2.17. The first kappa shape index (κ1) is 14.9. The van der Waals surface area contributed by atoms with Crippen molar-refractivity contribution >= 4 is 11.3 Å². The zero-order chi connectivity index (χ0) is 15.7. The summed E-state index contributed by atoms with van der Waals surface area (Å²) in [7, 11) is 1.82. The Labute approximate surface area is 132 Å². The molecule has 7 heteroatoms. The van der Waals surface area contributed by atoms with E-state index in [2.05, 4.69) is 5.10 Å². The number of aryl methyl sites for hydroxylation is 1. The van der Waals surface area contributed by atoms with Crippen molar-refractivity contribution in [1.29, 1.82) is 0 Å². The van der Waals surface area contributed by atoms with Gasteiger partial charge in [0.05, 0.1) is 11.6 Å². The number of hydrogen-bond donors (Lipinski definition) is 3. The molecule has 0 unspecified atom stereocenters. The second-order valence-corrected chi connectivity index (χ2v) is 6.52. The summed E-state index contributed by atoms with van der Waals surface area (Å²) in [6.07, 6.45) is 5.94. The molecule has 0 radical (unpaired) electrons. The first-order valence-electron chi connectivity index (χ1n) is 7.38. The number of nitrogens with zero attached hydrogens (tertiary/aromatic N) is 3. The minimum atomic E-state index is -0.527. The van der Waals surface area contributed by atoms with Crippen LogP contribution in [0.3, 0.4) is 0 Å². The first-order chi connectivity index (χ1) is 10.6. The van der Waals surface area contributed by atoms with Crippen molar-refractivity contribution in [2.75, 3.05) is 0 Å². The van der Waals surface area contributed by atoms with Crippen LogP contribution in [0.15, 0.2) is 17.1 Å². The molecule has 1 aromatic carbocycles. The highest BCUT2D eigenvalue weighted by molar-refractivity contribution is 7.12. The van der Waals surface area contributed by atoms with Gasteiger partial charge in [0.25, 0.3) is 0 Å². The molecular weight excluding hydrogens is 302 g/mol. The maximum Gasteiger partial charge on any atom is 0.203 e. The second kappa shape index (κ2) is 6.00. The third-order valence-electron chi connectivity index (χ3n) is 3.93. The molecule has 3 rings (SSSR count). The topological polar surface area (TPSA) is 90.9 Å². The van der Waals surface area contributed by atoms with Gasteiger partial charge in [-0.3, -0.25) is 4.99 Å². The Hall–Kier alpha value is -2.02. The highest BCUT2D eigenvalue weighted by Crippen LogP contribution is 2.42. The molecule has 0 aliphatic heterocycles. The number of phenolic OH excluding ortho intramolecular Hbond substituents is 3. The smallest absolute Gasteiger partial charge is 0.203 e. The van der Waals surface area contributed by atoms with Gasteiger partial charge in [0, 0.05) is 7.05 Å². The zero-order valence-electron chi connectivity index (χ0n) is 12.4. The lowest BCUT2D eigenvalue weighted by Crippen LogP contribution is -2.18. The van der Waals surface area contributed by atoms with Crippen LogP contribution in [0.5, 0.6) is 17.2 Å². The molecule has 0 bridgehead atoms. The lowest BCUT2D eigenvalue weighted by atomic mass is 9.96.